The topological polar surface area (TPSA) is 75.1 Å². The molecule has 0 amide bonds. The minimum atomic E-state index is -0.957. The average molecular weight is 263 g/mol. The fourth-order valence-corrected chi connectivity index (χ4v) is 2.17. The molecular weight excluding hydrogens is 250 g/mol. The summed E-state index contributed by atoms with van der Waals surface area (Å²) in [6, 6.07) is 3.22. The zero-order chi connectivity index (χ0) is 13.1. The largest absolute Gasteiger partial charge is 0.478 e. The highest BCUT2D eigenvalue weighted by atomic mass is 32.1. The van der Waals surface area contributed by atoms with Gasteiger partial charge in [0.1, 0.15) is 5.82 Å². The summed E-state index contributed by atoms with van der Waals surface area (Å²) in [5, 5.41) is 15.0. The van der Waals surface area contributed by atoms with Crippen LogP contribution in [0.2, 0.25) is 0 Å². The van der Waals surface area contributed by atoms with E-state index in [1.165, 1.54) is 0 Å². The second-order valence-corrected chi connectivity index (χ2v) is 4.91. The highest BCUT2D eigenvalue weighted by Gasteiger charge is 2.08. The van der Waals surface area contributed by atoms with Gasteiger partial charge in [0, 0.05) is 5.38 Å². The SMILES string of the molecule is Cc1nc(CNc2ccc(C(=O)O)c(C)n2)cs1. The molecule has 0 bridgehead atoms. The summed E-state index contributed by atoms with van der Waals surface area (Å²) in [6.45, 7) is 4.23. The van der Waals surface area contributed by atoms with Crippen LogP contribution in [0.1, 0.15) is 26.8 Å². The molecule has 2 aromatic heterocycles. The number of hydrogen-bond acceptors (Lipinski definition) is 5. The van der Waals surface area contributed by atoms with Gasteiger partial charge in [-0.1, -0.05) is 0 Å². The van der Waals surface area contributed by atoms with E-state index in [0.29, 0.717) is 18.1 Å². The van der Waals surface area contributed by atoms with Crippen molar-refractivity contribution in [2.24, 2.45) is 0 Å². The maximum atomic E-state index is 10.8. The Morgan fingerprint density at radius 1 is 1.39 bits per heavy atom. The molecule has 0 saturated carbocycles. The van der Waals surface area contributed by atoms with Crippen molar-refractivity contribution in [1.29, 1.82) is 0 Å². The van der Waals surface area contributed by atoms with Crippen molar-refractivity contribution < 1.29 is 9.90 Å². The van der Waals surface area contributed by atoms with E-state index in [9.17, 15) is 4.79 Å². The number of hydrogen-bond donors (Lipinski definition) is 2. The lowest BCUT2D eigenvalue weighted by Gasteiger charge is -2.06. The standard InChI is InChI=1S/C12H13N3O2S/c1-7-10(12(16)17)3-4-11(14-7)13-5-9-6-18-8(2)15-9/h3-4,6H,5H2,1-2H3,(H,13,14)(H,16,17). The third-order valence-electron chi connectivity index (χ3n) is 2.43. The molecule has 0 unspecified atom stereocenters. The van der Waals surface area contributed by atoms with Crippen LogP contribution in [0.3, 0.4) is 0 Å². The van der Waals surface area contributed by atoms with Crippen molar-refractivity contribution in [2.75, 3.05) is 5.32 Å². The Hall–Kier alpha value is -1.95. The molecule has 0 fully saturated rings. The zero-order valence-corrected chi connectivity index (χ0v) is 10.9. The lowest BCUT2D eigenvalue weighted by Crippen LogP contribution is -2.06. The lowest BCUT2D eigenvalue weighted by molar-refractivity contribution is 0.0695. The second-order valence-electron chi connectivity index (χ2n) is 3.85. The highest BCUT2D eigenvalue weighted by molar-refractivity contribution is 7.09. The van der Waals surface area contributed by atoms with E-state index in [1.807, 2.05) is 12.3 Å². The van der Waals surface area contributed by atoms with E-state index in [0.717, 1.165) is 10.7 Å². The molecule has 0 saturated heterocycles. The number of carboxylic acids is 1. The van der Waals surface area contributed by atoms with E-state index >= 15 is 0 Å². The summed E-state index contributed by atoms with van der Waals surface area (Å²) in [7, 11) is 0. The van der Waals surface area contributed by atoms with Gasteiger partial charge in [0.25, 0.3) is 0 Å². The number of aromatic nitrogens is 2. The van der Waals surface area contributed by atoms with Crippen molar-refractivity contribution in [3.05, 3.63) is 39.5 Å². The molecule has 2 heterocycles. The van der Waals surface area contributed by atoms with Gasteiger partial charge in [-0.3, -0.25) is 0 Å². The summed E-state index contributed by atoms with van der Waals surface area (Å²) in [6.07, 6.45) is 0. The van der Waals surface area contributed by atoms with E-state index in [2.05, 4.69) is 15.3 Å². The number of carboxylic acid groups (broad SMARTS) is 1. The fourth-order valence-electron chi connectivity index (χ4n) is 1.56. The van der Waals surface area contributed by atoms with Gasteiger partial charge in [0.05, 0.1) is 28.5 Å². The summed E-state index contributed by atoms with van der Waals surface area (Å²) in [5.74, 6) is -0.301. The molecule has 0 radical (unpaired) electrons. The van der Waals surface area contributed by atoms with E-state index in [1.54, 1.807) is 30.4 Å². The first-order valence-corrected chi connectivity index (χ1v) is 6.30. The monoisotopic (exact) mass is 263 g/mol. The summed E-state index contributed by atoms with van der Waals surface area (Å²) < 4.78 is 0. The van der Waals surface area contributed by atoms with E-state index in [-0.39, 0.29) is 5.56 Å². The van der Waals surface area contributed by atoms with Crippen molar-refractivity contribution >= 4 is 23.1 Å². The van der Waals surface area contributed by atoms with Crippen LogP contribution >= 0.6 is 11.3 Å². The maximum absolute atomic E-state index is 10.8. The highest BCUT2D eigenvalue weighted by Crippen LogP contribution is 2.13. The first kappa shape index (κ1) is 12.5. The first-order valence-electron chi connectivity index (χ1n) is 5.42. The van der Waals surface area contributed by atoms with Gasteiger partial charge in [-0.15, -0.1) is 11.3 Å². The van der Waals surface area contributed by atoms with Crippen molar-refractivity contribution in [3.8, 4) is 0 Å². The quantitative estimate of drug-likeness (QED) is 0.886. The maximum Gasteiger partial charge on any atom is 0.337 e. The normalized spacial score (nSPS) is 10.3. The minimum Gasteiger partial charge on any atom is -0.478 e. The third kappa shape index (κ3) is 2.84. The number of rotatable bonds is 4. The molecule has 0 aliphatic carbocycles. The number of aromatic carboxylic acids is 1. The van der Waals surface area contributed by atoms with E-state index < -0.39 is 5.97 Å². The number of carbonyl (C=O) groups is 1. The van der Waals surface area contributed by atoms with Crippen molar-refractivity contribution in [2.45, 2.75) is 20.4 Å². The average Bonchev–Trinajstić information content (AvgIpc) is 2.72. The molecule has 2 N–H and O–H groups in total. The molecule has 94 valence electrons. The Morgan fingerprint density at radius 3 is 2.72 bits per heavy atom. The van der Waals surface area contributed by atoms with Gasteiger partial charge in [0.15, 0.2) is 0 Å². The molecule has 0 aliphatic heterocycles. The molecular formula is C12H13N3O2S. The number of aryl methyl sites for hydroxylation is 2. The molecule has 0 aliphatic rings. The molecule has 2 aromatic rings. The Bertz CT molecular complexity index is 580. The molecule has 6 heteroatoms. The fraction of sp³-hybridized carbons (Fsp3) is 0.250. The molecule has 2 rings (SSSR count). The van der Waals surface area contributed by atoms with E-state index in [4.69, 9.17) is 5.11 Å². The van der Waals surface area contributed by atoms with Crippen LogP contribution in [-0.2, 0) is 6.54 Å². The molecule has 0 aromatic carbocycles. The first-order chi connectivity index (χ1) is 8.56. The van der Waals surface area contributed by atoms with Crippen molar-refractivity contribution in [3.63, 3.8) is 0 Å². The van der Waals surface area contributed by atoms with Gasteiger partial charge >= 0.3 is 5.97 Å². The number of nitrogens with zero attached hydrogens (tertiary/aromatic N) is 2. The smallest absolute Gasteiger partial charge is 0.337 e. The van der Waals surface area contributed by atoms with Gasteiger partial charge < -0.3 is 10.4 Å². The Labute approximate surface area is 109 Å². The predicted molar refractivity (Wildman–Crippen MR) is 70.1 cm³/mol. The molecule has 0 spiro atoms. The van der Waals surface area contributed by atoms with Crippen LogP contribution in [0, 0.1) is 13.8 Å². The van der Waals surface area contributed by atoms with Gasteiger partial charge in [0.2, 0.25) is 0 Å². The van der Waals surface area contributed by atoms with Gasteiger partial charge in [-0.2, -0.15) is 0 Å². The van der Waals surface area contributed by atoms with Crippen LogP contribution in [0.15, 0.2) is 17.5 Å². The Morgan fingerprint density at radius 2 is 2.17 bits per heavy atom. The van der Waals surface area contributed by atoms with Crippen LogP contribution in [0.4, 0.5) is 5.82 Å². The molecule has 0 atom stereocenters. The van der Waals surface area contributed by atoms with Crippen LogP contribution < -0.4 is 5.32 Å². The number of thiazole rings is 1. The minimum absolute atomic E-state index is 0.227. The second kappa shape index (κ2) is 5.14. The van der Waals surface area contributed by atoms with Crippen LogP contribution in [0.25, 0.3) is 0 Å². The summed E-state index contributed by atoms with van der Waals surface area (Å²) >= 11 is 1.60. The van der Waals surface area contributed by atoms with Gasteiger partial charge in [-0.25, -0.2) is 14.8 Å². The summed E-state index contributed by atoms with van der Waals surface area (Å²) in [4.78, 5) is 19.4. The Kier molecular flexibility index (Phi) is 3.57. The molecule has 5 nitrogen and oxygen atoms in total. The number of nitrogens with one attached hydrogen (secondary N) is 1. The third-order valence-corrected chi connectivity index (χ3v) is 3.26. The number of anilines is 1. The number of pyridine rings is 1. The van der Waals surface area contributed by atoms with Crippen LogP contribution in [0.5, 0.6) is 0 Å². The zero-order valence-electron chi connectivity index (χ0n) is 10.1. The van der Waals surface area contributed by atoms with Gasteiger partial charge in [-0.05, 0) is 26.0 Å². The summed E-state index contributed by atoms with van der Waals surface area (Å²) in [5.41, 5.74) is 1.69. The Balaban J connectivity index is 2.06. The van der Waals surface area contributed by atoms with Crippen LogP contribution in [-0.4, -0.2) is 21.0 Å². The van der Waals surface area contributed by atoms with Crippen molar-refractivity contribution in [1.82, 2.24) is 9.97 Å². The molecule has 18 heavy (non-hydrogen) atoms. The lowest BCUT2D eigenvalue weighted by atomic mass is 10.2. The predicted octanol–water partition coefficient (Wildman–Crippen LogP) is 2.47.